The number of hydrogen-bond acceptors (Lipinski definition) is 3. The Morgan fingerprint density at radius 2 is 2.00 bits per heavy atom. The van der Waals surface area contributed by atoms with Gasteiger partial charge < -0.3 is 0 Å². The predicted molar refractivity (Wildman–Crippen MR) is 56.0 cm³/mol. The quantitative estimate of drug-likeness (QED) is 0.587. The highest BCUT2D eigenvalue weighted by atomic mass is 35.5. The van der Waals surface area contributed by atoms with Crippen molar-refractivity contribution in [3.8, 4) is 0 Å². The van der Waals surface area contributed by atoms with Gasteiger partial charge in [0.2, 0.25) is 5.28 Å². The van der Waals surface area contributed by atoms with E-state index in [1.165, 1.54) is 0 Å². The van der Waals surface area contributed by atoms with E-state index in [2.05, 4.69) is 28.8 Å². The van der Waals surface area contributed by atoms with E-state index < -0.39 is 0 Å². The summed E-state index contributed by atoms with van der Waals surface area (Å²) in [7, 11) is 0. The lowest BCUT2D eigenvalue weighted by Gasteiger charge is -2.12. The number of fused-ring (bicyclic) bond motifs is 1. The lowest BCUT2D eigenvalue weighted by molar-refractivity contribution is -0.750. The van der Waals surface area contributed by atoms with E-state index in [4.69, 9.17) is 23.2 Å². The van der Waals surface area contributed by atoms with E-state index in [9.17, 15) is 0 Å². The number of quaternary nitrogens is 1. The Morgan fingerprint density at radius 3 is 2.64 bits per heavy atom. The van der Waals surface area contributed by atoms with Crippen molar-refractivity contribution >= 4 is 41.0 Å². The largest absolute Gasteiger partial charge is 0.264 e. The second-order valence-electron chi connectivity index (χ2n) is 3.35. The molecule has 1 aliphatic rings. The molecule has 2 heterocycles. The molecule has 4 nitrogen and oxygen atoms in total. The number of halogens is 2. The summed E-state index contributed by atoms with van der Waals surface area (Å²) in [5.74, 6) is 0.755. The van der Waals surface area contributed by atoms with Crippen molar-refractivity contribution in [1.29, 1.82) is 0 Å². The van der Waals surface area contributed by atoms with Gasteiger partial charge in [0.1, 0.15) is 0 Å². The summed E-state index contributed by atoms with van der Waals surface area (Å²) in [4.78, 5) is 13.2. The number of nitrogens with zero attached hydrogens (tertiary/aromatic N) is 3. The molecule has 0 saturated heterocycles. The van der Waals surface area contributed by atoms with Crippen LogP contribution in [0.4, 0.5) is 11.5 Å². The van der Waals surface area contributed by atoms with E-state index in [1.54, 1.807) is 6.34 Å². The molecule has 1 aromatic heterocycles. The molecule has 6 heteroatoms. The Labute approximate surface area is 91.6 Å². The normalized spacial score (nSPS) is 19.1. The summed E-state index contributed by atoms with van der Waals surface area (Å²) in [6.45, 7) is 4.14. The standard InChI is InChI=1S/C8H8Cl2N4/c1-4(2)14-3-11-5-6(9)12-8(10)13-7(5)14/h3-4H,1-2H3/p+1. The van der Waals surface area contributed by atoms with Gasteiger partial charge in [0.25, 0.3) is 5.82 Å². The molecule has 1 unspecified atom stereocenters. The van der Waals surface area contributed by atoms with Gasteiger partial charge in [-0.05, 0) is 25.4 Å². The number of rotatable bonds is 1. The monoisotopic (exact) mass is 231 g/mol. The van der Waals surface area contributed by atoms with Crippen LogP contribution in [-0.2, 0) is 0 Å². The fraction of sp³-hybridized carbons (Fsp3) is 0.375. The van der Waals surface area contributed by atoms with Gasteiger partial charge >= 0.3 is 0 Å². The minimum atomic E-state index is 0.164. The molecule has 74 valence electrons. The average molecular weight is 232 g/mol. The molecule has 1 N–H and O–H groups in total. The molecule has 14 heavy (non-hydrogen) atoms. The maximum atomic E-state index is 5.88. The van der Waals surface area contributed by atoms with Crippen molar-refractivity contribution in [2.24, 2.45) is 4.99 Å². The van der Waals surface area contributed by atoms with Crippen LogP contribution in [0, 0.1) is 0 Å². The van der Waals surface area contributed by atoms with Crippen LogP contribution in [0.15, 0.2) is 4.99 Å². The van der Waals surface area contributed by atoms with Crippen molar-refractivity contribution in [3.63, 3.8) is 0 Å². The maximum absolute atomic E-state index is 5.88. The summed E-state index contributed by atoms with van der Waals surface area (Å²) in [6, 6.07) is 0.349. The van der Waals surface area contributed by atoms with Gasteiger partial charge in [0.15, 0.2) is 17.2 Å². The highest BCUT2D eigenvalue weighted by molar-refractivity contribution is 6.34. The Morgan fingerprint density at radius 1 is 1.29 bits per heavy atom. The molecular weight excluding hydrogens is 223 g/mol. The first kappa shape index (κ1) is 9.83. The van der Waals surface area contributed by atoms with Crippen molar-refractivity contribution in [3.05, 3.63) is 10.4 Å². The SMILES string of the molecule is CC(C)[NH+]1C=Nc2c(Cl)nc(Cl)nc21. The van der Waals surface area contributed by atoms with Crippen LogP contribution in [0.1, 0.15) is 13.8 Å². The number of hydrogen-bond donors (Lipinski definition) is 1. The molecule has 0 fully saturated rings. The first-order valence-electron chi connectivity index (χ1n) is 4.24. The summed E-state index contributed by atoms with van der Waals surface area (Å²) in [6.07, 6.45) is 1.77. The second-order valence-corrected chi connectivity index (χ2v) is 4.04. The van der Waals surface area contributed by atoms with Crippen molar-refractivity contribution in [2.75, 3.05) is 0 Å². The third-order valence-electron chi connectivity index (χ3n) is 2.04. The molecule has 0 aromatic carbocycles. The van der Waals surface area contributed by atoms with E-state index in [-0.39, 0.29) is 5.28 Å². The minimum Gasteiger partial charge on any atom is -0.240 e. The molecule has 1 atom stereocenters. The average Bonchev–Trinajstić information content (AvgIpc) is 2.47. The molecular formula is C8H9Cl2N4+. The maximum Gasteiger partial charge on any atom is 0.264 e. The van der Waals surface area contributed by atoms with Crippen molar-refractivity contribution < 1.29 is 4.90 Å². The van der Waals surface area contributed by atoms with Crippen LogP contribution in [0.3, 0.4) is 0 Å². The van der Waals surface area contributed by atoms with Gasteiger partial charge in [0, 0.05) is 0 Å². The van der Waals surface area contributed by atoms with Crippen molar-refractivity contribution in [2.45, 2.75) is 19.9 Å². The Balaban J connectivity index is 2.54. The van der Waals surface area contributed by atoms with Gasteiger partial charge in [0.05, 0.1) is 6.04 Å². The zero-order valence-corrected chi connectivity index (χ0v) is 9.26. The van der Waals surface area contributed by atoms with Crippen LogP contribution in [0.2, 0.25) is 10.4 Å². The highest BCUT2D eigenvalue weighted by Gasteiger charge is 2.29. The van der Waals surface area contributed by atoms with Gasteiger partial charge in [-0.2, -0.15) is 9.98 Å². The van der Waals surface area contributed by atoms with Crippen LogP contribution in [-0.4, -0.2) is 22.3 Å². The van der Waals surface area contributed by atoms with Crippen LogP contribution in [0.25, 0.3) is 0 Å². The number of nitrogens with one attached hydrogen (secondary N) is 1. The summed E-state index contributed by atoms with van der Waals surface area (Å²) in [5.41, 5.74) is 0.625. The number of aromatic nitrogens is 2. The van der Waals surface area contributed by atoms with Crippen molar-refractivity contribution in [1.82, 2.24) is 9.97 Å². The Bertz CT molecular complexity index is 403. The summed E-state index contributed by atoms with van der Waals surface area (Å²) in [5, 5.41) is 0.476. The molecule has 0 spiro atoms. The fourth-order valence-corrected chi connectivity index (χ4v) is 1.77. The fourth-order valence-electron chi connectivity index (χ4n) is 1.34. The van der Waals surface area contributed by atoms with Crippen LogP contribution >= 0.6 is 23.2 Å². The Hall–Kier alpha value is -0.710. The van der Waals surface area contributed by atoms with Gasteiger partial charge in [-0.15, -0.1) is 0 Å². The topological polar surface area (TPSA) is 42.6 Å². The zero-order chi connectivity index (χ0) is 10.3. The van der Waals surface area contributed by atoms with Gasteiger partial charge in [-0.3, -0.25) is 0 Å². The van der Waals surface area contributed by atoms with E-state index in [0.717, 1.165) is 10.7 Å². The molecule has 0 amide bonds. The molecule has 0 aliphatic carbocycles. The van der Waals surface area contributed by atoms with Gasteiger partial charge in [-0.1, -0.05) is 11.6 Å². The van der Waals surface area contributed by atoms with Crippen LogP contribution in [0.5, 0.6) is 0 Å². The first-order valence-corrected chi connectivity index (χ1v) is 4.99. The number of aliphatic imine (C=N–C) groups is 1. The van der Waals surface area contributed by atoms with E-state index in [1.807, 2.05) is 0 Å². The lowest BCUT2D eigenvalue weighted by atomic mass is 10.3. The smallest absolute Gasteiger partial charge is 0.240 e. The summed E-state index contributed by atoms with van der Waals surface area (Å²) < 4.78 is 0. The lowest BCUT2D eigenvalue weighted by Crippen LogP contribution is -3.08. The third kappa shape index (κ3) is 1.49. The van der Waals surface area contributed by atoms with Gasteiger partial charge in [-0.25, -0.2) is 9.88 Å². The molecule has 1 aromatic rings. The second kappa shape index (κ2) is 3.46. The molecule has 0 bridgehead atoms. The Kier molecular flexibility index (Phi) is 2.43. The zero-order valence-electron chi connectivity index (χ0n) is 7.75. The van der Waals surface area contributed by atoms with E-state index >= 15 is 0 Å². The molecule has 0 radical (unpaired) electrons. The molecule has 0 saturated carbocycles. The highest BCUT2D eigenvalue weighted by Crippen LogP contribution is 2.30. The van der Waals surface area contributed by atoms with E-state index in [0.29, 0.717) is 16.9 Å². The predicted octanol–water partition coefficient (Wildman–Crippen LogP) is 1.38. The minimum absolute atomic E-state index is 0.164. The van der Waals surface area contributed by atoms with Crippen LogP contribution < -0.4 is 4.90 Å². The first-order chi connectivity index (χ1) is 6.59. The third-order valence-corrected chi connectivity index (χ3v) is 2.47. The summed E-state index contributed by atoms with van der Waals surface area (Å²) >= 11 is 11.6. The molecule has 2 rings (SSSR count). The molecule has 1 aliphatic heterocycles.